The number of nitrogens with zero attached hydrogens (tertiary/aromatic N) is 3. The summed E-state index contributed by atoms with van der Waals surface area (Å²) in [7, 11) is 0. The van der Waals surface area contributed by atoms with Gasteiger partial charge in [0.1, 0.15) is 5.75 Å². The minimum Gasteiger partial charge on any atom is -0.449 e. The summed E-state index contributed by atoms with van der Waals surface area (Å²) in [6, 6.07) is 15.1. The van der Waals surface area contributed by atoms with Crippen LogP contribution in [0.2, 0.25) is 15.1 Å². The van der Waals surface area contributed by atoms with Crippen LogP contribution in [-0.4, -0.2) is 43.0 Å². The topological polar surface area (TPSA) is 107 Å². The van der Waals surface area contributed by atoms with Crippen molar-refractivity contribution in [2.24, 2.45) is 0 Å². The van der Waals surface area contributed by atoms with E-state index < -0.39 is 37.2 Å². The molecule has 0 aliphatic rings. The summed E-state index contributed by atoms with van der Waals surface area (Å²) in [4.78, 5) is 24.5. The first-order chi connectivity index (χ1) is 18.3. The average molecular weight is 603 g/mol. The van der Waals surface area contributed by atoms with Crippen molar-refractivity contribution in [2.45, 2.75) is 25.4 Å². The van der Waals surface area contributed by atoms with Crippen LogP contribution in [0.25, 0.3) is 22.5 Å². The van der Waals surface area contributed by atoms with Gasteiger partial charge in [0, 0.05) is 21.7 Å². The zero-order chi connectivity index (χ0) is 28.5. The summed E-state index contributed by atoms with van der Waals surface area (Å²) in [6.07, 6.45) is -9.47. The van der Waals surface area contributed by atoms with Gasteiger partial charge in [-0.25, -0.2) is 14.3 Å². The largest absolute Gasteiger partial charge is 0.511 e. The number of benzene rings is 3. The molecule has 3 aromatic carbocycles. The summed E-state index contributed by atoms with van der Waals surface area (Å²) < 4.78 is 45.8. The zero-order valence-corrected chi connectivity index (χ0v) is 21.8. The maximum Gasteiger partial charge on any atom is 0.511 e. The number of ether oxygens (including phenoxy) is 1. The number of aliphatic hydroxyl groups excluding tert-OH is 1. The number of hydrogen-bond acceptors (Lipinski definition) is 5. The molecule has 0 radical (unpaired) electrons. The van der Waals surface area contributed by atoms with Crippen molar-refractivity contribution in [3.05, 3.63) is 91.8 Å². The molecule has 0 aliphatic heterocycles. The van der Waals surface area contributed by atoms with Crippen LogP contribution in [-0.2, 0) is 13.1 Å². The van der Waals surface area contributed by atoms with Crippen molar-refractivity contribution in [3.63, 3.8) is 0 Å². The zero-order valence-electron chi connectivity index (χ0n) is 19.5. The highest BCUT2D eigenvalue weighted by atomic mass is 35.5. The van der Waals surface area contributed by atoms with Gasteiger partial charge in [0.15, 0.2) is 11.9 Å². The summed E-state index contributed by atoms with van der Waals surface area (Å²) in [5.41, 5.74) is 0.409. The first-order valence-electron chi connectivity index (χ1n) is 11.0. The molecule has 1 atom stereocenters. The Morgan fingerprint density at radius 1 is 1.03 bits per heavy atom. The van der Waals surface area contributed by atoms with Crippen molar-refractivity contribution in [1.29, 1.82) is 0 Å². The summed E-state index contributed by atoms with van der Waals surface area (Å²) >= 11 is 18.3. The van der Waals surface area contributed by atoms with E-state index in [4.69, 9.17) is 39.5 Å². The highest BCUT2D eigenvalue weighted by Gasteiger charge is 2.39. The number of carbonyl (C=O) groups is 1. The monoisotopic (exact) mass is 601 g/mol. The number of aromatic nitrogens is 3. The Kier molecular flexibility index (Phi) is 8.26. The molecule has 0 saturated carbocycles. The Hall–Kier alpha value is -3.51. The van der Waals surface area contributed by atoms with Crippen molar-refractivity contribution in [2.75, 3.05) is 0 Å². The molecule has 0 saturated heterocycles. The molecule has 2 N–H and O–H groups in total. The smallest absolute Gasteiger partial charge is 0.449 e. The third-order valence-electron chi connectivity index (χ3n) is 5.60. The van der Waals surface area contributed by atoms with Crippen molar-refractivity contribution >= 4 is 41.0 Å². The van der Waals surface area contributed by atoms with Crippen LogP contribution in [0.1, 0.15) is 5.56 Å². The minimum atomic E-state index is -4.99. The first kappa shape index (κ1) is 28.5. The Labute approximate surface area is 233 Å². The van der Waals surface area contributed by atoms with Gasteiger partial charge < -0.3 is 14.9 Å². The Morgan fingerprint density at radius 2 is 1.69 bits per heavy atom. The molecule has 0 amide bonds. The van der Waals surface area contributed by atoms with Crippen LogP contribution < -0.4 is 10.4 Å². The lowest BCUT2D eigenvalue weighted by atomic mass is 10.0. The van der Waals surface area contributed by atoms with Crippen molar-refractivity contribution in [3.8, 4) is 28.3 Å². The van der Waals surface area contributed by atoms with E-state index >= 15 is 0 Å². The number of alkyl halides is 3. The van der Waals surface area contributed by atoms with E-state index in [1.54, 1.807) is 18.2 Å². The number of halogens is 6. The van der Waals surface area contributed by atoms with E-state index in [0.717, 1.165) is 4.68 Å². The third-order valence-corrected chi connectivity index (χ3v) is 6.67. The van der Waals surface area contributed by atoms with Crippen LogP contribution in [0.5, 0.6) is 5.75 Å². The lowest BCUT2D eigenvalue weighted by molar-refractivity contribution is -0.207. The quantitative estimate of drug-likeness (QED) is 0.188. The molecule has 1 aromatic heterocycles. The third kappa shape index (κ3) is 6.39. The van der Waals surface area contributed by atoms with E-state index in [9.17, 15) is 33.0 Å². The Morgan fingerprint density at radius 3 is 2.33 bits per heavy atom. The van der Waals surface area contributed by atoms with Crippen LogP contribution in [0.15, 0.2) is 65.5 Å². The maximum atomic E-state index is 13.2. The predicted octanol–water partition coefficient (Wildman–Crippen LogP) is 6.37. The number of rotatable bonds is 7. The van der Waals surface area contributed by atoms with Gasteiger partial charge in [-0.15, -0.1) is 5.10 Å². The normalized spacial score (nSPS) is 12.4. The molecule has 1 heterocycles. The number of hydrogen-bond donors (Lipinski definition) is 2. The molecule has 204 valence electrons. The fraction of sp³-hybridized carbons (Fsp3) is 0.160. The van der Waals surface area contributed by atoms with Gasteiger partial charge in [0.25, 0.3) is 0 Å². The van der Waals surface area contributed by atoms with Crippen LogP contribution in [0.4, 0.5) is 18.0 Å². The van der Waals surface area contributed by atoms with E-state index in [1.807, 2.05) is 0 Å². The van der Waals surface area contributed by atoms with Gasteiger partial charge in [-0.1, -0.05) is 53.0 Å². The summed E-state index contributed by atoms with van der Waals surface area (Å²) in [5.74, 6) is -0.316. The second kappa shape index (κ2) is 11.3. The molecule has 0 unspecified atom stereocenters. The average Bonchev–Trinajstić information content (AvgIpc) is 3.16. The van der Waals surface area contributed by atoms with E-state index in [-0.39, 0.29) is 32.7 Å². The number of aliphatic hydroxyl groups is 1. The highest BCUT2D eigenvalue weighted by Crippen LogP contribution is 2.36. The van der Waals surface area contributed by atoms with Crippen LogP contribution in [0, 0.1) is 0 Å². The Bertz CT molecular complexity index is 1590. The summed E-state index contributed by atoms with van der Waals surface area (Å²) in [5, 5.41) is 23.9. The second-order valence-electron chi connectivity index (χ2n) is 8.23. The maximum absolute atomic E-state index is 13.2. The predicted molar refractivity (Wildman–Crippen MR) is 139 cm³/mol. The van der Waals surface area contributed by atoms with Gasteiger partial charge >= 0.3 is 18.0 Å². The van der Waals surface area contributed by atoms with E-state index in [1.165, 1.54) is 42.5 Å². The molecule has 14 heteroatoms. The lowest BCUT2D eigenvalue weighted by Gasteiger charge is -2.15. The molecular formula is C25H17Cl3F3N3O5. The molecule has 4 aromatic rings. The Balaban J connectivity index is 1.84. The fourth-order valence-corrected chi connectivity index (χ4v) is 4.29. The minimum absolute atomic E-state index is 0.144. The van der Waals surface area contributed by atoms with Crippen LogP contribution in [0.3, 0.4) is 0 Å². The first-order valence-corrected chi connectivity index (χ1v) is 12.1. The highest BCUT2D eigenvalue weighted by molar-refractivity contribution is 6.43. The van der Waals surface area contributed by atoms with Crippen LogP contribution >= 0.6 is 34.8 Å². The van der Waals surface area contributed by atoms with Crippen molar-refractivity contribution in [1.82, 2.24) is 14.3 Å². The molecule has 0 spiro atoms. The summed E-state index contributed by atoms with van der Waals surface area (Å²) in [6.45, 7) is -1.53. The lowest BCUT2D eigenvalue weighted by Crippen LogP contribution is -2.37. The standard InChI is InChI=1S/C25H17Cl3F3N3O5/c26-16-7-4-13(5-8-16)22-32-34(23(36)33(22)12-20(35)25(29,30)31)11-15-10-14(6-9-19(15)39-24(37)38)17-2-1-3-18(27)21(17)28/h1-10,20,35H,11-12H2,(H,37,38)/t20-/m0/s1. The SMILES string of the molecule is O=C(O)Oc1ccc(-c2cccc(Cl)c2Cl)cc1Cn1nc(-c2ccc(Cl)cc2)n(C[C@H](O)C(F)(F)F)c1=O. The van der Waals surface area contributed by atoms with Gasteiger partial charge in [0.2, 0.25) is 0 Å². The van der Waals surface area contributed by atoms with Gasteiger partial charge in [0.05, 0.1) is 23.1 Å². The second-order valence-corrected chi connectivity index (χ2v) is 9.45. The molecule has 4 rings (SSSR count). The molecule has 0 fully saturated rings. The molecule has 39 heavy (non-hydrogen) atoms. The van der Waals surface area contributed by atoms with Gasteiger partial charge in [-0.3, -0.25) is 4.57 Å². The molecule has 0 aliphatic carbocycles. The van der Waals surface area contributed by atoms with Crippen molar-refractivity contribution < 1.29 is 32.9 Å². The van der Waals surface area contributed by atoms with E-state index in [2.05, 4.69) is 5.10 Å². The van der Waals surface area contributed by atoms with Gasteiger partial charge in [-0.05, 0) is 48.0 Å². The van der Waals surface area contributed by atoms with Gasteiger partial charge in [-0.2, -0.15) is 13.2 Å². The van der Waals surface area contributed by atoms with E-state index in [0.29, 0.717) is 20.7 Å². The molecule has 8 nitrogen and oxygen atoms in total. The number of carboxylic acid groups (broad SMARTS) is 1. The fourth-order valence-electron chi connectivity index (χ4n) is 3.75. The molecular weight excluding hydrogens is 586 g/mol. The molecule has 0 bridgehead atoms.